The molecule has 1 saturated carbocycles. The van der Waals surface area contributed by atoms with Crippen molar-refractivity contribution < 1.29 is 0 Å². The Bertz CT molecular complexity index is 2410. The molecule has 3 aliphatic carbocycles. The molecule has 0 aliphatic heterocycles. The van der Waals surface area contributed by atoms with Gasteiger partial charge in [-0.05, 0) is 127 Å². The summed E-state index contributed by atoms with van der Waals surface area (Å²) < 4.78 is 0. The van der Waals surface area contributed by atoms with E-state index in [-0.39, 0.29) is 10.8 Å². The first-order chi connectivity index (χ1) is 25.7. The fraction of sp³-hybridized carbons (Fsp3) is 0.245. The Morgan fingerprint density at radius 1 is 0.736 bits per heavy atom. The van der Waals surface area contributed by atoms with Crippen LogP contribution in [0.25, 0.3) is 56.0 Å². The molecule has 2 atom stereocenters. The molecule has 3 aliphatic rings. The molecule has 0 heteroatoms. The smallest absolute Gasteiger partial charge is 0.00291 e. The first-order valence-electron chi connectivity index (χ1n) is 19.5. The van der Waals surface area contributed by atoms with E-state index in [4.69, 9.17) is 0 Å². The van der Waals surface area contributed by atoms with E-state index in [9.17, 15) is 0 Å². The standard InChI is InChI=1S/C46H40.C3H6.2C2H6/c1-7-29(2)40-36(24-22-34-21-15-16-30(3)39(34)40)31(4)35-23-25-37-38(28-35)42(33-19-13-10-14-20-33)44-43(45(5)26-27-46(44,45)6)41(37)32-17-11-8-9-12-18-32;1-3-2;2*1-2/h7-17,19-25,28H,1-3,18,26-27H2,4-6H3;3H,1H2,2H3;2*1-2H3/b36-31+;;;. The monoisotopic (exact) mass is 694 g/mol. The van der Waals surface area contributed by atoms with Gasteiger partial charge in [0.25, 0.3) is 0 Å². The first kappa shape index (κ1) is 39.0. The molecule has 5 aromatic carbocycles. The molecule has 1 fully saturated rings. The molecule has 0 bridgehead atoms. The van der Waals surface area contributed by atoms with Crippen LogP contribution in [0.2, 0.25) is 0 Å². The molecular weight excluding hydrogens is 637 g/mol. The second kappa shape index (κ2) is 16.2. The van der Waals surface area contributed by atoms with E-state index in [1.54, 1.807) is 17.2 Å². The SMILES string of the molecule is C=CC.C=CC(=C)c1/c(=C(\C)c2ccc3c(C4=CC=CC=CC4)c4c(c(-c5ccccc5)c3c2)C2(C)CCC42C)ccc2cccc(=C)c12.CC.CC. The highest BCUT2D eigenvalue weighted by Gasteiger charge is 2.65. The van der Waals surface area contributed by atoms with Gasteiger partial charge in [-0.1, -0.05) is 177 Å². The Balaban J connectivity index is 0.000000727. The molecule has 0 spiro atoms. The van der Waals surface area contributed by atoms with Crippen molar-refractivity contribution in [2.75, 3.05) is 0 Å². The highest BCUT2D eigenvalue weighted by molar-refractivity contribution is 6.09. The van der Waals surface area contributed by atoms with Crippen molar-refractivity contribution in [2.24, 2.45) is 0 Å². The van der Waals surface area contributed by atoms with E-state index in [0.29, 0.717) is 0 Å². The van der Waals surface area contributed by atoms with Gasteiger partial charge in [-0.25, -0.2) is 0 Å². The lowest BCUT2D eigenvalue weighted by atomic mass is 9.35. The molecule has 2 unspecified atom stereocenters. The van der Waals surface area contributed by atoms with Crippen molar-refractivity contribution in [3.8, 4) is 11.1 Å². The summed E-state index contributed by atoms with van der Waals surface area (Å²) in [6.45, 7) is 33.5. The van der Waals surface area contributed by atoms with Crippen molar-refractivity contribution in [2.45, 2.75) is 85.5 Å². The van der Waals surface area contributed by atoms with Crippen molar-refractivity contribution in [1.29, 1.82) is 0 Å². The fourth-order valence-electron chi connectivity index (χ4n) is 8.80. The van der Waals surface area contributed by atoms with Gasteiger partial charge >= 0.3 is 0 Å². The fourth-order valence-corrected chi connectivity index (χ4v) is 8.80. The lowest BCUT2D eigenvalue weighted by molar-refractivity contribution is 0.0619. The van der Waals surface area contributed by atoms with Crippen molar-refractivity contribution >= 4 is 44.8 Å². The van der Waals surface area contributed by atoms with Crippen molar-refractivity contribution in [3.63, 3.8) is 0 Å². The molecule has 270 valence electrons. The van der Waals surface area contributed by atoms with Gasteiger partial charge in [-0.2, -0.15) is 0 Å². The van der Waals surface area contributed by atoms with Gasteiger partial charge in [0.2, 0.25) is 0 Å². The van der Waals surface area contributed by atoms with E-state index in [0.717, 1.165) is 28.2 Å². The predicted octanol–water partition coefficient (Wildman–Crippen LogP) is 14.0. The topological polar surface area (TPSA) is 0 Å². The summed E-state index contributed by atoms with van der Waals surface area (Å²) in [5.74, 6) is 0. The predicted molar refractivity (Wildman–Crippen MR) is 239 cm³/mol. The van der Waals surface area contributed by atoms with E-state index in [1.165, 1.54) is 67.6 Å². The average Bonchev–Trinajstić information content (AvgIpc) is 3.49. The molecule has 8 rings (SSSR count). The van der Waals surface area contributed by atoms with Crippen LogP contribution in [-0.4, -0.2) is 0 Å². The molecule has 0 amide bonds. The van der Waals surface area contributed by atoms with Crippen LogP contribution in [0.1, 0.15) is 102 Å². The van der Waals surface area contributed by atoms with Crippen LogP contribution < -0.4 is 10.4 Å². The summed E-state index contributed by atoms with van der Waals surface area (Å²) >= 11 is 0. The maximum absolute atomic E-state index is 4.43. The maximum Gasteiger partial charge on any atom is 0.00291 e. The number of hydrogen-bond donors (Lipinski definition) is 0. The molecular formula is C53H58. The van der Waals surface area contributed by atoms with Crippen LogP contribution in [0.5, 0.6) is 0 Å². The van der Waals surface area contributed by atoms with Crippen LogP contribution in [0, 0.1) is 0 Å². The normalized spacial score (nSPS) is 19.4. The Hall–Kier alpha value is -5.20. The van der Waals surface area contributed by atoms with Gasteiger partial charge < -0.3 is 0 Å². The summed E-state index contributed by atoms with van der Waals surface area (Å²) in [6.07, 6.45) is 18.2. The zero-order valence-electron chi connectivity index (χ0n) is 33.5. The van der Waals surface area contributed by atoms with Gasteiger partial charge in [-0.3, -0.25) is 0 Å². The molecule has 5 aromatic rings. The van der Waals surface area contributed by atoms with E-state index in [1.807, 2.05) is 40.7 Å². The first-order valence-corrected chi connectivity index (χ1v) is 19.5. The quantitative estimate of drug-likeness (QED) is 0.127. The van der Waals surface area contributed by atoms with Crippen LogP contribution in [0.4, 0.5) is 0 Å². The minimum atomic E-state index is 0.180. The number of benzene rings is 5. The van der Waals surface area contributed by atoms with Crippen LogP contribution in [0.15, 0.2) is 141 Å². The summed E-state index contributed by atoms with van der Waals surface area (Å²) in [7, 11) is 0. The van der Waals surface area contributed by atoms with Gasteiger partial charge in [0, 0.05) is 10.8 Å². The lowest BCUT2D eigenvalue weighted by Gasteiger charge is -2.68. The van der Waals surface area contributed by atoms with Gasteiger partial charge in [0.15, 0.2) is 0 Å². The minimum absolute atomic E-state index is 0.180. The largest absolute Gasteiger partial charge is 0.103 e. The second-order valence-electron chi connectivity index (χ2n) is 14.3. The molecule has 53 heavy (non-hydrogen) atoms. The third kappa shape index (κ3) is 6.33. The number of allylic oxidation sites excluding steroid dienone is 9. The molecule has 0 radical (unpaired) electrons. The zero-order valence-corrected chi connectivity index (χ0v) is 33.5. The lowest BCUT2D eigenvalue weighted by Crippen LogP contribution is -2.63. The molecule has 0 saturated heterocycles. The summed E-state index contributed by atoms with van der Waals surface area (Å²) in [6, 6.07) is 29.1. The third-order valence-electron chi connectivity index (χ3n) is 11.7. The Kier molecular flexibility index (Phi) is 11.9. The van der Waals surface area contributed by atoms with Crippen molar-refractivity contribution in [1.82, 2.24) is 0 Å². The summed E-state index contributed by atoms with van der Waals surface area (Å²) in [4.78, 5) is 0. The average molecular weight is 695 g/mol. The number of hydrogen-bond acceptors (Lipinski definition) is 0. The highest BCUT2D eigenvalue weighted by Crippen LogP contribution is 2.72. The highest BCUT2D eigenvalue weighted by atomic mass is 14.7. The zero-order chi connectivity index (χ0) is 38.5. The minimum Gasteiger partial charge on any atom is -0.103 e. The van der Waals surface area contributed by atoms with Crippen LogP contribution in [0.3, 0.4) is 0 Å². The van der Waals surface area contributed by atoms with E-state index in [2.05, 4.69) is 156 Å². The maximum atomic E-state index is 4.43. The Morgan fingerprint density at radius 3 is 2.04 bits per heavy atom. The van der Waals surface area contributed by atoms with Crippen LogP contribution in [-0.2, 0) is 10.8 Å². The van der Waals surface area contributed by atoms with Gasteiger partial charge in [-0.15, -0.1) is 6.58 Å². The van der Waals surface area contributed by atoms with E-state index >= 15 is 0 Å². The molecule has 0 nitrogen and oxygen atoms in total. The van der Waals surface area contributed by atoms with E-state index < -0.39 is 0 Å². The van der Waals surface area contributed by atoms with Crippen LogP contribution >= 0.6 is 0 Å². The second-order valence-corrected chi connectivity index (χ2v) is 14.3. The summed E-state index contributed by atoms with van der Waals surface area (Å²) in [5.41, 5.74) is 13.6. The summed E-state index contributed by atoms with van der Waals surface area (Å²) in [5, 5.41) is 7.21. The Morgan fingerprint density at radius 2 is 1.40 bits per heavy atom. The molecule has 0 aromatic heterocycles. The van der Waals surface area contributed by atoms with Gasteiger partial charge in [0.1, 0.15) is 0 Å². The third-order valence-corrected chi connectivity index (χ3v) is 11.7. The Labute approximate surface area is 319 Å². The molecule has 0 N–H and O–H groups in total. The van der Waals surface area contributed by atoms with Crippen molar-refractivity contribution in [3.05, 3.63) is 179 Å². The molecule has 0 heterocycles. The number of fused-ring (bicyclic) bond motifs is 6. The number of rotatable bonds is 5. The van der Waals surface area contributed by atoms with Gasteiger partial charge in [0.05, 0.1) is 0 Å².